The van der Waals surface area contributed by atoms with Crippen molar-refractivity contribution in [1.82, 2.24) is 14.6 Å². The van der Waals surface area contributed by atoms with Crippen LogP contribution in [0.15, 0.2) is 10.9 Å². The molecule has 0 saturated heterocycles. The molecule has 88 valence electrons. The van der Waals surface area contributed by atoms with Crippen LogP contribution < -0.4 is 40.2 Å². The molecule has 6 nitrogen and oxygen atoms in total. The van der Waals surface area contributed by atoms with E-state index in [0.29, 0.717) is 5.65 Å². The first-order valence-electron chi connectivity index (χ1n) is 4.87. The van der Waals surface area contributed by atoms with Crippen LogP contribution in [-0.2, 0) is 0 Å². The molecule has 0 bridgehead atoms. The molecule has 2 aromatic heterocycles. The van der Waals surface area contributed by atoms with Crippen molar-refractivity contribution in [3.63, 3.8) is 0 Å². The Hall–Kier alpha value is -0.820. The average molecular weight is 247 g/mol. The first-order chi connectivity index (χ1) is 7.51. The van der Waals surface area contributed by atoms with Gasteiger partial charge in [0.1, 0.15) is 5.65 Å². The van der Waals surface area contributed by atoms with Gasteiger partial charge in [0, 0.05) is 5.56 Å². The molecular weight excluding hydrogens is 233 g/mol. The fraction of sp³-hybridized carbons (Fsp3) is 0.400. The average Bonchev–Trinajstić information content (AvgIpc) is 2.47. The van der Waals surface area contributed by atoms with Gasteiger partial charge in [-0.25, -0.2) is 0 Å². The molecular formula is C10H14N3NaO3. The number of nitrogens with zero attached hydrogens (tertiary/aromatic N) is 2. The van der Waals surface area contributed by atoms with Crippen LogP contribution in [0.2, 0.25) is 0 Å². The standard InChI is InChI=1S/C8H9N3O2.C2H5O.Na/c1-4-5(2)10-11-7(13)3-6(12)9-8(4)11;1-2-3;/h3,13H,1-2H3,(H,9,12);2H2,1H3;/q;-1;+1. The molecule has 2 rings (SSSR count). The number of H-pyrrole nitrogens is 1. The summed E-state index contributed by atoms with van der Waals surface area (Å²) < 4.78 is 1.31. The summed E-state index contributed by atoms with van der Waals surface area (Å²) >= 11 is 0. The molecule has 0 aliphatic carbocycles. The van der Waals surface area contributed by atoms with Gasteiger partial charge in [0.25, 0.3) is 5.56 Å². The van der Waals surface area contributed by atoms with E-state index in [2.05, 4.69) is 10.1 Å². The summed E-state index contributed by atoms with van der Waals surface area (Å²) in [5.41, 5.74) is 1.88. The van der Waals surface area contributed by atoms with E-state index in [1.807, 2.05) is 13.8 Å². The van der Waals surface area contributed by atoms with Crippen LogP contribution in [-0.4, -0.2) is 26.3 Å². The molecule has 0 amide bonds. The molecule has 2 aromatic rings. The number of aromatic nitrogens is 3. The Kier molecular flexibility index (Phi) is 6.48. The number of aryl methyl sites for hydroxylation is 2. The van der Waals surface area contributed by atoms with Gasteiger partial charge in [-0.2, -0.15) is 9.61 Å². The predicted molar refractivity (Wildman–Crippen MR) is 57.5 cm³/mol. The van der Waals surface area contributed by atoms with Gasteiger partial charge in [0.2, 0.25) is 5.88 Å². The van der Waals surface area contributed by atoms with Crippen molar-refractivity contribution in [2.45, 2.75) is 20.8 Å². The minimum absolute atomic E-state index is 0. The van der Waals surface area contributed by atoms with Gasteiger partial charge in [-0.15, -0.1) is 6.61 Å². The molecule has 0 fully saturated rings. The molecule has 0 atom stereocenters. The molecule has 0 radical (unpaired) electrons. The Morgan fingerprint density at radius 2 is 2.06 bits per heavy atom. The summed E-state index contributed by atoms with van der Waals surface area (Å²) in [6.45, 7) is 5.23. The van der Waals surface area contributed by atoms with E-state index in [9.17, 15) is 9.90 Å². The minimum atomic E-state index is -0.326. The Labute approximate surface area is 121 Å². The molecule has 0 unspecified atom stereocenters. The van der Waals surface area contributed by atoms with Gasteiger partial charge >= 0.3 is 29.6 Å². The molecule has 17 heavy (non-hydrogen) atoms. The Balaban J connectivity index is 0.000000583. The third-order valence-corrected chi connectivity index (χ3v) is 2.08. The maximum atomic E-state index is 11.0. The first kappa shape index (κ1) is 16.2. The smallest absolute Gasteiger partial charge is 0.855 e. The number of nitrogens with one attached hydrogen (secondary N) is 1. The van der Waals surface area contributed by atoms with E-state index in [0.717, 1.165) is 17.3 Å². The van der Waals surface area contributed by atoms with Crippen LogP contribution >= 0.6 is 0 Å². The van der Waals surface area contributed by atoms with Crippen LogP contribution in [0.5, 0.6) is 5.88 Å². The quantitative estimate of drug-likeness (QED) is 0.477. The molecule has 0 aliphatic rings. The zero-order valence-electron chi connectivity index (χ0n) is 10.4. The van der Waals surface area contributed by atoms with Crippen LogP contribution in [0.4, 0.5) is 0 Å². The van der Waals surface area contributed by atoms with E-state index in [-0.39, 0.29) is 47.6 Å². The zero-order chi connectivity index (χ0) is 12.3. The van der Waals surface area contributed by atoms with E-state index in [1.165, 1.54) is 4.52 Å². The van der Waals surface area contributed by atoms with Gasteiger partial charge in [-0.05, 0) is 13.8 Å². The second-order valence-corrected chi connectivity index (χ2v) is 3.25. The van der Waals surface area contributed by atoms with E-state index in [4.69, 9.17) is 5.11 Å². The molecule has 2 heterocycles. The van der Waals surface area contributed by atoms with E-state index < -0.39 is 0 Å². The van der Waals surface area contributed by atoms with Gasteiger partial charge < -0.3 is 15.2 Å². The Bertz CT molecular complexity index is 547. The maximum Gasteiger partial charge on any atom is 1.00 e. The van der Waals surface area contributed by atoms with Gasteiger partial charge in [0.15, 0.2) is 0 Å². The number of hydrogen-bond donors (Lipinski definition) is 2. The number of rotatable bonds is 0. The van der Waals surface area contributed by atoms with Crippen molar-refractivity contribution in [2.24, 2.45) is 0 Å². The Morgan fingerprint density at radius 1 is 1.53 bits per heavy atom. The summed E-state index contributed by atoms with van der Waals surface area (Å²) in [6.07, 6.45) is 0. The molecule has 0 aromatic carbocycles. The van der Waals surface area contributed by atoms with Crippen molar-refractivity contribution in [1.29, 1.82) is 0 Å². The van der Waals surface area contributed by atoms with Crippen LogP contribution in [0.25, 0.3) is 5.65 Å². The van der Waals surface area contributed by atoms with Gasteiger partial charge in [0.05, 0.1) is 11.8 Å². The Morgan fingerprint density at radius 3 is 2.59 bits per heavy atom. The number of aromatic amines is 1. The van der Waals surface area contributed by atoms with E-state index >= 15 is 0 Å². The topological polar surface area (TPSA) is 93.4 Å². The fourth-order valence-electron chi connectivity index (χ4n) is 1.25. The summed E-state index contributed by atoms with van der Waals surface area (Å²) in [4.78, 5) is 13.6. The fourth-order valence-corrected chi connectivity index (χ4v) is 1.25. The first-order valence-corrected chi connectivity index (χ1v) is 4.87. The normalized spacial score (nSPS) is 9.41. The molecule has 7 heteroatoms. The summed E-state index contributed by atoms with van der Waals surface area (Å²) in [5.74, 6) is -0.144. The van der Waals surface area contributed by atoms with Crippen molar-refractivity contribution in [3.8, 4) is 5.88 Å². The predicted octanol–water partition coefficient (Wildman–Crippen LogP) is -3.28. The number of fused-ring (bicyclic) bond motifs is 1. The molecule has 0 aliphatic heterocycles. The van der Waals surface area contributed by atoms with E-state index in [1.54, 1.807) is 6.92 Å². The zero-order valence-corrected chi connectivity index (χ0v) is 12.4. The second-order valence-electron chi connectivity index (χ2n) is 3.25. The SMILES string of the molecule is CC[O-].Cc1nn2c(O)cc(=O)[nH]c2c1C.[Na+]. The van der Waals surface area contributed by atoms with Gasteiger partial charge in [-0.1, -0.05) is 6.92 Å². The summed E-state index contributed by atoms with van der Waals surface area (Å²) in [6, 6.07) is 1.10. The largest absolute Gasteiger partial charge is 1.00 e. The van der Waals surface area contributed by atoms with Crippen molar-refractivity contribution < 1.29 is 39.8 Å². The summed E-state index contributed by atoms with van der Waals surface area (Å²) in [5, 5.41) is 22.4. The third kappa shape index (κ3) is 3.57. The van der Waals surface area contributed by atoms with Crippen molar-refractivity contribution >= 4 is 5.65 Å². The minimum Gasteiger partial charge on any atom is -0.855 e. The van der Waals surface area contributed by atoms with Crippen molar-refractivity contribution in [2.75, 3.05) is 6.61 Å². The number of hydrogen-bond acceptors (Lipinski definition) is 4. The maximum absolute atomic E-state index is 11.0. The van der Waals surface area contributed by atoms with Crippen LogP contribution in [0.3, 0.4) is 0 Å². The molecule has 0 spiro atoms. The third-order valence-electron chi connectivity index (χ3n) is 2.08. The van der Waals surface area contributed by atoms with Crippen molar-refractivity contribution in [3.05, 3.63) is 27.7 Å². The van der Waals surface area contributed by atoms with Gasteiger partial charge in [-0.3, -0.25) is 4.79 Å². The summed E-state index contributed by atoms with van der Waals surface area (Å²) in [7, 11) is 0. The second kappa shape index (κ2) is 6.80. The monoisotopic (exact) mass is 247 g/mol. The number of aromatic hydroxyl groups is 1. The van der Waals surface area contributed by atoms with Crippen LogP contribution in [0.1, 0.15) is 18.2 Å². The van der Waals surface area contributed by atoms with Crippen LogP contribution in [0, 0.1) is 13.8 Å². The molecule has 0 saturated carbocycles. The molecule has 2 N–H and O–H groups in total.